The summed E-state index contributed by atoms with van der Waals surface area (Å²) in [5, 5.41) is 2.78. The Morgan fingerprint density at radius 2 is 1.82 bits per heavy atom. The predicted molar refractivity (Wildman–Crippen MR) is 86.6 cm³/mol. The van der Waals surface area contributed by atoms with Crippen LogP contribution >= 0.6 is 0 Å². The highest BCUT2D eigenvalue weighted by atomic mass is 16.6. The van der Waals surface area contributed by atoms with Crippen LogP contribution in [0.4, 0.5) is 4.79 Å². The predicted octanol–water partition coefficient (Wildman–Crippen LogP) is 2.60. The molecule has 0 aromatic heterocycles. The Balaban J connectivity index is 2.79. The van der Waals surface area contributed by atoms with Crippen LogP contribution in [0.15, 0.2) is 30.3 Å². The number of nitrogens with one attached hydrogen (secondary N) is 1. The first kappa shape index (κ1) is 18.0. The van der Waals surface area contributed by atoms with Gasteiger partial charge in [0.2, 0.25) is 5.91 Å². The first-order chi connectivity index (χ1) is 10.2. The van der Waals surface area contributed by atoms with Crippen LogP contribution in [0.2, 0.25) is 0 Å². The van der Waals surface area contributed by atoms with E-state index in [1.165, 1.54) is 6.92 Å². The number of carbonyl (C=O) groups excluding carboxylic acids is 2. The number of hydrogen-bond acceptors (Lipinski definition) is 3. The van der Waals surface area contributed by atoms with Crippen molar-refractivity contribution in [1.29, 1.82) is 0 Å². The van der Waals surface area contributed by atoms with Crippen LogP contribution in [0.5, 0.6) is 0 Å². The lowest BCUT2D eigenvalue weighted by Gasteiger charge is -2.31. The smallest absolute Gasteiger partial charge is 0.410 e. The lowest BCUT2D eigenvalue weighted by molar-refractivity contribution is -0.119. The Kier molecular flexibility index (Phi) is 6.40. The van der Waals surface area contributed by atoms with Gasteiger partial charge in [-0.25, -0.2) is 4.79 Å². The number of hydrogen-bond donors (Lipinski definition) is 1. The largest absolute Gasteiger partial charge is 0.444 e. The van der Waals surface area contributed by atoms with Gasteiger partial charge in [0.25, 0.3) is 0 Å². The molecular formula is C17H26N2O3. The quantitative estimate of drug-likeness (QED) is 0.909. The molecule has 0 fully saturated rings. The van der Waals surface area contributed by atoms with Gasteiger partial charge in [0.15, 0.2) is 0 Å². The first-order valence-corrected chi connectivity index (χ1v) is 7.43. The second kappa shape index (κ2) is 7.82. The van der Waals surface area contributed by atoms with Gasteiger partial charge in [-0.05, 0) is 32.8 Å². The van der Waals surface area contributed by atoms with Crippen LogP contribution in [0.1, 0.15) is 33.3 Å². The van der Waals surface area contributed by atoms with Crippen LogP contribution in [-0.2, 0) is 16.0 Å². The number of amides is 2. The van der Waals surface area contributed by atoms with Gasteiger partial charge in [-0.2, -0.15) is 0 Å². The van der Waals surface area contributed by atoms with Gasteiger partial charge in [0.1, 0.15) is 5.60 Å². The summed E-state index contributed by atoms with van der Waals surface area (Å²) in [6.07, 6.45) is 0.260. The summed E-state index contributed by atoms with van der Waals surface area (Å²) < 4.78 is 5.40. The van der Waals surface area contributed by atoms with Crippen LogP contribution in [0.3, 0.4) is 0 Å². The van der Waals surface area contributed by atoms with Crippen molar-refractivity contribution in [2.75, 3.05) is 13.6 Å². The van der Waals surface area contributed by atoms with Crippen LogP contribution in [0, 0.1) is 0 Å². The monoisotopic (exact) mass is 306 g/mol. The standard InChI is InChI=1S/C17H26N2O3/c1-13(20)18-12-15(11-14-9-7-6-8-10-14)19(5)16(21)22-17(2,3)4/h6-10,15H,11-12H2,1-5H3,(H,18,20)/t15-/m1/s1. The summed E-state index contributed by atoms with van der Waals surface area (Å²) in [5.74, 6) is -0.115. The average molecular weight is 306 g/mol. The number of likely N-dealkylation sites (N-methyl/N-ethyl adjacent to an activating group) is 1. The zero-order valence-corrected chi connectivity index (χ0v) is 14.1. The second-order valence-corrected chi connectivity index (χ2v) is 6.37. The van der Waals surface area contributed by atoms with Crippen LogP contribution in [0.25, 0.3) is 0 Å². The number of nitrogens with zero attached hydrogens (tertiary/aromatic N) is 1. The van der Waals surface area contributed by atoms with Crippen molar-refractivity contribution in [1.82, 2.24) is 10.2 Å². The minimum Gasteiger partial charge on any atom is -0.444 e. The molecule has 0 spiro atoms. The molecule has 0 saturated heterocycles. The fraction of sp³-hybridized carbons (Fsp3) is 0.529. The van der Waals surface area contributed by atoms with Gasteiger partial charge >= 0.3 is 6.09 Å². The Bertz CT molecular complexity index is 494. The van der Waals surface area contributed by atoms with E-state index in [4.69, 9.17) is 4.74 Å². The highest BCUT2D eigenvalue weighted by Crippen LogP contribution is 2.13. The Hall–Kier alpha value is -2.04. The first-order valence-electron chi connectivity index (χ1n) is 7.43. The molecule has 0 unspecified atom stereocenters. The fourth-order valence-electron chi connectivity index (χ4n) is 1.98. The Morgan fingerprint density at radius 3 is 2.32 bits per heavy atom. The lowest BCUT2D eigenvalue weighted by atomic mass is 10.1. The maximum absolute atomic E-state index is 12.2. The second-order valence-electron chi connectivity index (χ2n) is 6.37. The molecule has 0 heterocycles. The zero-order chi connectivity index (χ0) is 16.8. The van der Waals surface area contributed by atoms with Gasteiger partial charge < -0.3 is 15.0 Å². The van der Waals surface area contributed by atoms with Crippen molar-refractivity contribution >= 4 is 12.0 Å². The molecule has 0 bridgehead atoms. The molecule has 0 saturated carbocycles. The molecule has 22 heavy (non-hydrogen) atoms. The van der Waals surface area contributed by atoms with E-state index in [1.807, 2.05) is 51.1 Å². The van der Waals surface area contributed by atoms with E-state index in [9.17, 15) is 9.59 Å². The highest BCUT2D eigenvalue weighted by Gasteiger charge is 2.25. The summed E-state index contributed by atoms with van der Waals surface area (Å²) in [4.78, 5) is 25.0. The van der Waals surface area contributed by atoms with Crippen molar-refractivity contribution in [2.45, 2.75) is 45.8 Å². The Morgan fingerprint density at radius 1 is 1.23 bits per heavy atom. The van der Waals surface area contributed by atoms with E-state index in [1.54, 1.807) is 11.9 Å². The van der Waals surface area contributed by atoms with Crippen molar-refractivity contribution in [3.05, 3.63) is 35.9 Å². The minimum absolute atomic E-state index is 0.115. The molecule has 1 rings (SSSR count). The van der Waals surface area contributed by atoms with E-state index in [0.717, 1.165) is 5.56 Å². The summed E-state index contributed by atoms with van der Waals surface area (Å²) in [6.45, 7) is 7.35. The van der Waals surface area contributed by atoms with Crippen LogP contribution < -0.4 is 5.32 Å². The van der Waals surface area contributed by atoms with E-state index in [0.29, 0.717) is 13.0 Å². The van der Waals surface area contributed by atoms with Gasteiger partial charge in [-0.1, -0.05) is 30.3 Å². The normalized spacial score (nSPS) is 12.4. The van der Waals surface area contributed by atoms with Crippen molar-refractivity contribution in [3.63, 3.8) is 0 Å². The summed E-state index contributed by atoms with van der Waals surface area (Å²) in [5.41, 5.74) is 0.560. The summed E-state index contributed by atoms with van der Waals surface area (Å²) in [6, 6.07) is 9.70. The van der Waals surface area contributed by atoms with Gasteiger partial charge in [0.05, 0.1) is 6.04 Å². The molecule has 5 heteroatoms. The Labute approximate surface area is 132 Å². The van der Waals surface area contributed by atoms with Crippen LogP contribution in [-0.4, -0.2) is 42.1 Å². The maximum atomic E-state index is 12.2. The summed E-state index contributed by atoms with van der Waals surface area (Å²) >= 11 is 0. The number of carbonyl (C=O) groups is 2. The SMILES string of the molecule is CC(=O)NC[C@@H](Cc1ccccc1)N(C)C(=O)OC(C)(C)C. The molecule has 1 atom stereocenters. The molecule has 0 aliphatic rings. The van der Waals surface area contributed by atoms with E-state index >= 15 is 0 Å². The summed E-state index contributed by atoms with van der Waals surface area (Å²) in [7, 11) is 1.70. The molecular weight excluding hydrogens is 280 g/mol. The molecule has 1 aromatic carbocycles. The highest BCUT2D eigenvalue weighted by molar-refractivity contribution is 5.73. The molecule has 122 valence electrons. The molecule has 1 N–H and O–H groups in total. The molecule has 5 nitrogen and oxygen atoms in total. The zero-order valence-electron chi connectivity index (χ0n) is 14.1. The van der Waals surface area contributed by atoms with Crippen molar-refractivity contribution in [3.8, 4) is 0 Å². The third kappa shape index (κ3) is 6.61. The topological polar surface area (TPSA) is 58.6 Å². The molecule has 0 aliphatic heterocycles. The van der Waals surface area contributed by atoms with Crippen molar-refractivity contribution < 1.29 is 14.3 Å². The van der Waals surface area contributed by atoms with E-state index in [-0.39, 0.29) is 11.9 Å². The number of benzene rings is 1. The third-order valence-electron chi connectivity index (χ3n) is 3.13. The van der Waals surface area contributed by atoms with Gasteiger partial charge in [-0.3, -0.25) is 4.79 Å². The fourth-order valence-corrected chi connectivity index (χ4v) is 1.98. The van der Waals surface area contributed by atoms with Gasteiger partial charge in [-0.15, -0.1) is 0 Å². The molecule has 0 aliphatic carbocycles. The maximum Gasteiger partial charge on any atom is 0.410 e. The lowest BCUT2D eigenvalue weighted by Crippen LogP contribution is -2.47. The number of rotatable bonds is 5. The molecule has 1 aromatic rings. The number of ether oxygens (including phenoxy) is 1. The van der Waals surface area contributed by atoms with E-state index in [2.05, 4.69) is 5.32 Å². The molecule has 2 amide bonds. The van der Waals surface area contributed by atoms with Crippen molar-refractivity contribution in [2.24, 2.45) is 0 Å². The minimum atomic E-state index is -0.545. The van der Waals surface area contributed by atoms with Gasteiger partial charge in [0, 0.05) is 20.5 Å². The van der Waals surface area contributed by atoms with E-state index < -0.39 is 11.7 Å². The molecule has 0 radical (unpaired) electrons. The third-order valence-corrected chi connectivity index (χ3v) is 3.13. The average Bonchev–Trinajstić information content (AvgIpc) is 2.41.